The Labute approximate surface area is 139 Å². The molecule has 6 nitrogen and oxygen atoms in total. The highest BCUT2D eigenvalue weighted by Gasteiger charge is 2.45. The molecule has 122 valence electrons. The summed E-state index contributed by atoms with van der Waals surface area (Å²) < 4.78 is 0. The average molecular weight is 324 g/mol. The smallest absolute Gasteiger partial charge is 0.263 e. The number of imide groups is 2. The van der Waals surface area contributed by atoms with Crippen molar-refractivity contribution < 1.29 is 19.2 Å². The minimum absolute atomic E-state index is 0.101. The van der Waals surface area contributed by atoms with E-state index in [-0.39, 0.29) is 29.9 Å². The Balaban J connectivity index is 2.00. The van der Waals surface area contributed by atoms with Crippen LogP contribution >= 0.6 is 0 Å². The third-order valence-corrected chi connectivity index (χ3v) is 3.96. The van der Waals surface area contributed by atoms with Gasteiger partial charge in [-0.2, -0.15) is 0 Å². The van der Waals surface area contributed by atoms with Crippen molar-refractivity contribution in [2.75, 3.05) is 0 Å². The van der Waals surface area contributed by atoms with Crippen molar-refractivity contribution in [1.29, 1.82) is 0 Å². The van der Waals surface area contributed by atoms with E-state index in [2.05, 4.69) is 17.2 Å². The number of nitrogens with zero attached hydrogens (tertiary/aromatic N) is 1. The van der Waals surface area contributed by atoms with Crippen LogP contribution in [-0.2, 0) is 9.59 Å². The van der Waals surface area contributed by atoms with E-state index in [0.29, 0.717) is 5.56 Å². The Morgan fingerprint density at radius 1 is 1.17 bits per heavy atom. The van der Waals surface area contributed by atoms with Crippen molar-refractivity contribution in [1.82, 2.24) is 10.2 Å². The van der Waals surface area contributed by atoms with Crippen LogP contribution < -0.4 is 5.32 Å². The fraction of sp³-hybridized carbons (Fsp3) is 0.333. The third kappa shape index (κ3) is 2.58. The number of hydrogen-bond donors (Lipinski definition) is 1. The first-order valence-electron chi connectivity index (χ1n) is 7.76. The lowest BCUT2D eigenvalue weighted by atomic mass is 10.0. The number of amides is 4. The molecule has 2 heterocycles. The van der Waals surface area contributed by atoms with Gasteiger partial charge in [-0.3, -0.25) is 29.4 Å². The molecule has 6 heteroatoms. The Bertz CT molecular complexity index is 829. The van der Waals surface area contributed by atoms with Gasteiger partial charge < -0.3 is 0 Å². The molecule has 0 aromatic heterocycles. The summed E-state index contributed by atoms with van der Waals surface area (Å²) in [5.74, 6) is 3.98. The van der Waals surface area contributed by atoms with Crippen LogP contribution in [0, 0.1) is 17.8 Å². The predicted molar refractivity (Wildman–Crippen MR) is 84.8 cm³/mol. The number of fused-ring (bicyclic) bond motifs is 1. The summed E-state index contributed by atoms with van der Waals surface area (Å²) in [6, 6.07) is 3.96. The van der Waals surface area contributed by atoms with Gasteiger partial charge in [0.05, 0.1) is 11.1 Å². The molecule has 2 aliphatic rings. The van der Waals surface area contributed by atoms with Crippen molar-refractivity contribution >= 4 is 23.6 Å². The topological polar surface area (TPSA) is 83.6 Å². The molecule has 2 aliphatic heterocycles. The van der Waals surface area contributed by atoms with Crippen LogP contribution in [0.5, 0.6) is 0 Å². The fourth-order valence-corrected chi connectivity index (χ4v) is 2.84. The first kappa shape index (κ1) is 15.9. The van der Waals surface area contributed by atoms with E-state index in [9.17, 15) is 19.2 Å². The van der Waals surface area contributed by atoms with Gasteiger partial charge in [-0.15, -0.1) is 0 Å². The molecule has 0 bridgehead atoms. The Kier molecular flexibility index (Phi) is 3.94. The molecule has 3 rings (SSSR count). The standard InChI is InChI=1S/C18H16N2O4/c1-10(2)6-7-11-4-3-5-12-15(11)18(24)20(17(12)23)13-8-9-14(21)19-16(13)22/h3-5,10,13H,8-9H2,1-2H3,(H,19,21,22). The van der Waals surface area contributed by atoms with E-state index in [0.717, 1.165) is 4.90 Å². The van der Waals surface area contributed by atoms with Crippen molar-refractivity contribution in [3.63, 3.8) is 0 Å². The summed E-state index contributed by atoms with van der Waals surface area (Å²) >= 11 is 0. The number of benzene rings is 1. The summed E-state index contributed by atoms with van der Waals surface area (Å²) in [6.45, 7) is 3.86. The van der Waals surface area contributed by atoms with Crippen molar-refractivity contribution in [2.24, 2.45) is 5.92 Å². The molecule has 0 aliphatic carbocycles. The Morgan fingerprint density at radius 3 is 2.58 bits per heavy atom. The highest BCUT2D eigenvalue weighted by atomic mass is 16.2. The summed E-state index contributed by atoms with van der Waals surface area (Å²) in [6.07, 6.45) is 0.243. The number of carbonyl (C=O) groups excluding carboxylic acids is 4. The summed E-state index contributed by atoms with van der Waals surface area (Å²) in [4.78, 5) is 49.6. The first-order valence-corrected chi connectivity index (χ1v) is 7.76. The van der Waals surface area contributed by atoms with E-state index in [4.69, 9.17) is 0 Å². The second-order valence-electron chi connectivity index (χ2n) is 6.10. The van der Waals surface area contributed by atoms with Crippen LogP contribution in [0.1, 0.15) is 53.0 Å². The van der Waals surface area contributed by atoms with E-state index in [1.165, 1.54) is 0 Å². The van der Waals surface area contributed by atoms with Gasteiger partial charge in [0, 0.05) is 17.9 Å². The lowest BCUT2D eigenvalue weighted by Crippen LogP contribution is -2.54. The van der Waals surface area contributed by atoms with Crippen LogP contribution in [0.2, 0.25) is 0 Å². The Morgan fingerprint density at radius 2 is 1.92 bits per heavy atom. The largest absolute Gasteiger partial charge is 0.295 e. The van der Waals surface area contributed by atoms with Gasteiger partial charge in [-0.1, -0.05) is 31.8 Å². The van der Waals surface area contributed by atoms with Gasteiger partial charge in [0.25, 0.3) is 11.8 Å². The third-order valence-electron chi connectivity index (χ3n) is 3.96. The number of hydrogen-bond acceptors (Lipinski definition) is 4. The molecule has 1 unspecified atom stereocenters. The van der Waals surface area contributed by atoms with Gasteiger partial charge >= 0.3 is 0 Å². The molecule has 1 aromatic rings. The van der Waals surface area contributed by atoms with E-state index >= 15 is 0 Å². The molecule has 1 fully saturated rings. The van der Waals surface area contributed by atoms with E-state index in [1.807, 2.05) is 13.8 Å². The zero-order valence-electron chi connectivity index (χ0n) is 13.4. The van der Waals surface area contributed by atoms with Crippen LogP contribution in [0.3, 0.4) is 0 Å². The quantitative estimate of drug-likeness (QED) is 0.619. The van der Waals surface area contributed by atoms with E-state index < -0.39 is 29.7 Å². The van der Waals surface area contributed by atoms with Crippen molar-refractivity contribution in [3.05, 3.63) is 34.9 Å². The van der Waals surface area contributed by atoms with Crippen LogP contribution in [0.15, 0.2) is 18.2 Å². The summed E-state index contributed by atoms with van der Waals surface area (Å²) in [5.41, 5.74) is 0.968. The molecule has 0 radical (unpaired) electrons. The zero-order chi connectivity index (χ0) is 17.4. The van der Waals surface area contributed by atoms with Gasteiger partial charge in [0.1, 0.15) is 6.04 Å². The maximum Gasteiger partial charge on any atom is 0.263 e. The normalized spacial score (nSPS) is 20.0. The number of nitrogens with one attached hydrogen (secondary N) is 1. The molecule has 1 aromatic carbocycles. The molecule has 1 saturated heterocycles. The maximum atomic E-state index is 12.8. The summed E-state index contributed by atoms with van der Waals surface area (Å²) in [7, 11) is 0. The van der Waals surface area contributed by atoms with Crippen molar-refractivity contribution in [3.8, 4) is 11.8 Å². The summed E-state index contributed by atoms with van der Waals surface area (Å²) in [5, 5.41) is 2.18. The number of piperidine rings is 1. The highest BCUT2D eigenvalue weighted by molar-refractivity contribution is 6.24. The second-order valence-corrected chi connectivity index (χ2v) is 6.10. The first-order chi connectivity index (χ1) is 11.4. The minimum atomic E-state index is -0.957. The van der Waals surface area contributed by atoms with Crippen LogP contribution in [-0.4, -0.2) is 34.6 Å². The van der Waals surface area contributed by atoms with Crippen LogP contribution in [0.25, 0.3) is 0 Å². The SMILES string of the molecule is CC(C)C#Cc1cccc2c1C(=O)N(C1CCC(=O)NC1=O)C2=O. The maximum absolute atomic E-state index is 12.8. The fourth-order valence-electron chi connectivity index (χ4n) is 2.84. The number of carbonyl (C=O) groups is 4. The predicted octanol–water partition coefficient (Wildman–Crippen LogP) is 1.10. The molecular formula is C18H16N2O4. The highest BCUT2D eigenvalue weighted by Crippen LogP contribution is 2.29. The molecule has 1 N–H and O–H groups in total. The lowest BCUT2D eigenvalue weighted by Gasteiger charge is -2.27. The van der Waals surface area contributed by atoms with Crippen LogP contribution in [0.4, 0.5) is 0 Å². The monoisotopic (exact) mass is 324 g/mol. The molecule has 0 saturated carbocycles. The second kappa shape index (κ2) is 5.93. The molecular weight excluding hydrogens is 308 g/mol. The van der Waals surface area contributed by atoms with Gasteiger partial charge in [-0.25, -0.2) is 0 Å². The zero-order valence-corrected chi connectivity index (χ0v) is 13.4. The molecule has 24 heavy (non-hydrogen) atoms. The number of rotatable bonds is 1. The van der Waals surface area contributed by atoms with Gasteiger partial charge in [-0.05, 0) is 18.6 Å². The van der Waals surface area contributed by atoms with Gasteiger partial charge in [0.2, 0.25) is 11.8 Å². The van der Waals surface area contributed by atoms with Crippen molar-refractivity contribution in [2.45, 2.75) is 32.7 Å². The van der Waals surface area contributed by atoms with Gasteiger partial charge in [0.15, 0.2) is 0 Å². The molecule has 0 spiro atoms. The molecule has 1 atom stereocenters. The molecule has 4 amide bonds. The average Bonchev–Trinajstić information content (AvgIpc) is 2.78. The minimum Gasteiger partial charge on any atom is -0.295 e. The Hall–Kier alpha value is -2.94. The van der Waals surface area contributed by atoms with E-state index in [1.54, 1.807) is 18.2 Å². The lowest BCUT2D eigenvalue weighted by molar-refractivity contribution is -0.136.